The Kier molecular flexibility index (Phi) is 6.79. The lowest BCUT2D eigenvalue weighted by atomic mass is 9.93. The predicted molar refractivity (Wildman–Crippen MR) is 124 cm³/mol. The van der Waals surface area contributed by atoms with Crippen molar-refractivity contribution in [3.63, 3.8) is 0 Å². The molecule has 2 amide bonds. The van der Waals surface area contributed by atoms with Crippen LogP contribution in [0.4, 0.5) is 14.9 Å². The molecule has 0 aromatic heterocycles. The lowest BCUT2D eigenvalue weighted by Gasteiger charge is -2.28. The molecule has 0 spiro atoms. The number of nitrogens with zero attached hydrogens (tertiary/aromatic N) is 1. The molecule has 3 aromatic carbocycles. The van der Waals surface area contributed by atoms with E-state index in [1.807, 2.05) is 30.3 Å². The Labute approximate surface area is 192 Å². The van der Waals surface area contributed by atoms with E-state index in [1.165, 1.54) is 25.3 Å². The number of carbonyl (C=O) groups excluding carboxylic acids is 1. The quantitative estimate of drug-likeness (QED) is 0.447. The van der Waals surface area contributed by atoms with Crippen molar-refractivity contribution >= 4 is 11.7 Å². The van der Waals surface area contributed by atoms with E-state index in [2.05, 4.69) is 5.32 Å². The number of halogens is 1. The molecule has 1 saturated heterocycles. The lowest BCUT2D eigenvalue weighted by Crippen LogP contribution is -2.29. The highest BCUT2D eigenvalue weighted by Gasteiger charge is 2.42. The van der Waals surface area contributed by atoms with Crippen molar-refractivity contribution in [1.29, 1.82) is 0 Å². The Morgan fingerprint density at radius 3 is 2.48 bits per heavy atom. The van der Waals surface area contributed by atoms with Gasteiger partial charge in [-0.05, 0) is 61.2 Å². The average molecular weight is 451 g/mol. The molecule has 0 bridgehead atoms. The predicted octanol–water partition coefficient (Wildman–Crippen LogP) is 5.08. The number of aliphatic hydroxyl groups excluding tert-OH is 1. The number of carbonyl (C=O) groups is 1. The number of anilines is 1. The second kappa shape index (κ2) is 9.92. The number of para-hydroxylation sites is 1. The molecule has 172 valence electrons. The minimum Gasteiger partial charge on any atom is -0.507 e. The molecule has 3 N–H and O–H groups in total. The minimum atomic E-state index is -0.722. The molecule has 7 heteroatoms. The maximum atomic E-state index is 13.1. The van der Waals surface area contributed by atoms with Crippen LogP contribution < -0.4 is 15.0 Å². The van der Waals surface area contributed by atoms with Gasteiger partial charge in [-0.1, -0.05) is 30.3 Å². The number of hydrogen-bond acceptors (Lipinski definition) is 4. The van der Waals surface area contributed by atoms with Crippen LogP contribution in [0.5, 0.6) is 11.5 Å². The molecule has 1 fully saturated rings. The molecule has 1 aliphatic heterocycles. The van der Waals surface area contributed by atoms with E-state index < -0.39 is 12.1 Å². The number of aliphatic hydroxyl groups is 1. The number of methoxy groups -OCH3 is 1. The van der Waals surface area contributed by atoms with Crippen LogP contribution in [0, 0.1) is 5.82 Å². The van der Waals surface area contributed by atoms with Gasteiger partial charge in [0.2, 0.25) is 0 Å². The van der Waals surface area contributed by atoms with Gasteiger partial charge in [0.25, 0.3) is 0 Å². The summed E-state index contributed by atoms with van der Waals surface area (Å²) in [6.45, 7) is 0. The van der Waals surface area contributed by atoms with Crippen LogP contribution in [-0.4, -0.2) is 29.4 Å². The van der Waals surface area contributed by atoms with Gasteiger partial charge in [-0.3, -0.25) is 4.90 Å². The molecule has 1 aliphatic rings. The number of urea groups is 1. The van der Waals surface area contributed by atoms with E-state index in [1.54, 1.807) is 29.2 Å². The van der Waals surface area contributed by atoms with Crippen molar-refractivity contribution in [2.75, 3.05) is 12.0 Å². The Bertz CT molecular complexity index is 1090. The van der Waals surface area contributed by atoms with Crippen LogP contribution in [0.2, 0.25) is 0 Å². The van der Waals surface area contributed by atoms with Gasteiger partial charge in [-0.15, -0.1) is 0 Å². The zero-order chi connectivity index (χ0) is 23.4. The molecule has 3 atom stereocenters. The molecule has 0 radical (unpaired) electrons. The second-order valence-electron chi connectivity index (χ2n) is 8.13. The van der Waals surface area contributed by atoms with Gasteiger partial charge < -0.3 is 20.3 Å². The number of aromatic hydroxyl groups is 1. The van der Waals surface area contributed by atoms with E-state index >= 15 is 0 Å². The van der Waals surface area contributed by atoms with Gasteiger partial charge in [0.15, 0.2) is 0 Å². The van der Waals surface area contributed by atoms with Gasteiger partial charge in [-0.25, -0.2) is 9.18 Å². The van der Waals surface area contributed by atoms with Crippen molar-refractivity contribution in [2.24, 2.45) is 0 Å². The summed E-state index contributed by atoms with van der Waals surface area (Å²) in [5.74, 6) is 0.231. The number of hydrogen-bond donors (Lipinski definition) is 3. The fraction of sp³-hybridized carbons (Fsp3) is 0.269. The second-order valence-corrected chi connectivity index (χ2v) is 8.13. The van der Waals surface area contributed by atoms with Crippen molar-refractivity contribution in [3.8, 4) is 11.5 Å². The molecule has 0 saturated carbocycles. The first kappa shape index (κ1) is 22.6. The van der Waals surface area contributed by atoms with E-state index in [0.717, 1.165) is 5.69 Å². The first-order chi connectivity index (χ1) is 16.0. The summed E-state index contributed by atoms with van der Waals surface area (Å²) in [4.78, 5) is 14.6. The molecule has 3 aromatic rings. The van der Waals surface area contributed by atoms with Gasteiger partial charge in [0.05, 0.1) is 25.3 Å². The van der Waals surface area contributed by atoms with Crippen molar-refractivity contribution in [1.82, 2.24) is 5.32 Å². The monoisotopic (exact) mass is 450 g/mol. The highest BCUT2D eigenvalue weighted by atomic mass is 19.1. The number of amides is 2. The molecular weight excluding hydrogens is 423 g/mol. The highest BCUT2D eigenvalue weighted by molar-refractivity contribution is 5.96. The van der Waals surface area contributed by atoms with E-state index in [4.69, 9.17) is 4.74 Å². The van der Waals surface area contributed by atoms with Gasteiger partial charge in [0.1, 0.15) is 17.3 Å². The van der Waals surface area contributed by atoms with Crippen molar-refractivity contribution < 1.29 is 24.1 Å². The topological polar surface area (TPSA) is 82.0 Å². The molecule has 1 unspecified atom stereocenters. The summed E-state index contributed by atoms with van der Waals surface area (Å²) in [6.07, 6.45) is 0.953. The largest absolute Gasteiger partial charge is 0.507 e. The molecule has 0 aliphatic carbocycles. The number of phenolic OH excluding ortho intramolecular Hbond substituents is 1. The maximum Gasteiger partial charge on any atom is 0.322 e. The van der Waals surface area contributed by atoms with Crippen LogP contribution in [0.3, 0.4) is 0 Å². The van der Waals surface area contributed by atoms with E-state index in [-0.39, 0.29) is 23.6 Å². The number of ether oxygens (including phenoxy) is 1. The van der Waals surface area contributed by atoms with Crippen molar-refractivity contribution in [3.05, 3.63) is 89.7 Å². The summed E-state index contributed by atoms with van der Waals surface area (Å²) in [5.41, 5.74) is 1.99. The Hall–Kier alpha value is -3.58. The summed E-state index contributed by atoms with van der Waals surface area (Å²) >= 11 is 0. The Morgan fingerprint density at radius 2 is 1.82 bits per heavy atom. The van der Waals surface area contributed by atoms with Crippen LogP contribution >= 0.6 is 0 Å². The fourth-order valence-electron chi connectivity index (χ4n) is 4.35. The van der Waals surface area contributed by atoms with Crippen LogP contribution in [0.15, 0.2) is 72.8 Å². The highest BCUT2D eigenvalue weighted by Crippen LogP contribution is 2.41. The third kappa shape index (κ3) is 4.93. The maximum absolute atomic E-state index is 13.1. The van der Waals surface area contributed by atoms with Gasteiger partial charge >= 0.3 is 6.03 Å². The number of phenols is 1. The first-order valence-corrected chi connectivity index (χ1v) is 10.9. The fourth-order valence-corrected chi connectivity index (χ4v) is 4.35. The first-order valence-electron chi connectivity index (χ1n) is 10.9. The average Bonchev–Trinajstić information content (AvgIpc) is 3.15. The molecular formula is C26H27FN2O4. The van der Waals surface area contributed by atoms with Crippen LogP contribution in [0.1, 0.15) is 42.5 Å². The van der Waals surface area contributed by atoms with Gasteiger partial charge in [-0.2, -0.15) is 0 Å². The van der Waals surface area contributed by atoms with Crippen molar-refractivity contribution in [2.45, 2.75) is 37.5 Å². The summed E-state index contributed by atoms with van der Waals surface area (Å²) in [6, 6.07) is 19.2. The van der Waals surface area contributed by atoms with Crippen LogP contribution in [-0.2, 0) is 0 Å². The molecule has 33 heavy (non-hydrogen) atoms. The third-order valence-electron chi connectivity index (χ3n) is 6.03. The summed E-state index contributed by atoms with van der Waals surface area (Å²) in [5, 5.41) is 24.2. The summed E-state index contributed by atoms with van der Waals surface area (Å²) in [7, 11) is 1.53. The van der Waals surface area contributed by atoms with Gasteiger partial charge in [0, 0.05) is 17.3 Å². The lowest BCUT2D eigenvalue weighted by molar-refractivity contribution is 0.162. The SMILES string of the molecule is COc1ccc([C@@H]2[C@@H](CCCC(O)c3ccc(F)cc3)NC(=O)N2c2ccccc2)c(O)c1. The molecule has 4 rings (SSSR count). The number of benzene rings is 3. The molecule has 1 heterocycles. The van der Waals surface area contributed by atoms with Crippen LogP contribution in [0.25, 0.3) is 0 Å². The van der Waals surface area contributed by atoms with E-state index in [0.29, 0.717) is 36.1 Å². The zero-order valence-electron chi connectivity index (χ0n) is 18.3. The standard InChI is InChI=1S/C26H27FN2O4/c1-33-20-14-15-21(24(31)16-20)25-22(28-26(32)29(25)19-6-3-2-4-7-19)8-5-9-23(30)17-10-12-18(27)13-11-17/h2-4,6-7,10-16,22-23,25,30-31H,5,8-9H2,1H3,(H,28,32)/t22-,23?,25-/m1/s1. The summed E-state index contributed by atoms with van der Waals surface area (Å²) < 4.78 is 18.4. The Balaban J connectivity index is 1.55. The smallest absolute Gasteiger partial charge is 0.322 e. The minimum absolute atomic E-state index is 0.0492. The zero-order valence-corrected chi connectivity index (χ0v) is 18.3. The normalized spacial score (nSPS) is 18.8. The number of nitrogens with one attached hydrogen (secondary N) is 1. The Morgan fingerprint density at radius 1 is 1.09 bits per heavy atom. The number of rotatable bonds is 8. The molecule has 6 nitrogen and oxygen atoms in total. The van der Waals surface area contributed by atoms with E-state index in [9.17, 15) is 19.4 Å². The third-order valence-corrected chi connectivity index (χ3v) is 6.03.